The summed E-state index contributed by atoms with van der Waals surface area (Å²) in [7, 11) is 0. The van der Waals surface area contributed by atoms with Crippen molar-refractivity contribution in [3.05, 3.63) is 11.1 Å². The standard InChI is InChI=1S/C37H60O16/c1-36-9-3-4-19(36)18-6-5-16-12-17(7-11-37(16,2)20(18)8-10-36)49-35-32(53-34-31(47)28(44)25(41)22(14-39)51-34)29(45)26(42)23(52-35)15-48-33-30(46)27(43)24(40)21(13-38)50-33/h16-17,19,21-35,38-47H,3-15H2,1-2H3/t16-,17-,19-,21+,22+,23+,24+,25-,26+,27-,28-,29-,30+,31+,32+,33+,34-,35+,36-,37-/m0/s1. The van der Waals surface area contributed by atoms with Gasteiger partial charge in [0.05, 0.1) is 25.9 Å². The van der Waals surface area contributed by atoms with E-state index in [0.29, 0.717) is 30.1 Å². The van der Waals surface area contributed by atoms with Crippen LogP contribution in [0.4, 0.5) is 0 Å². The van der Waals surface area contributed by atoms with Crippen molar-refractivity contribution in [2.75, 3.05) is 19.8 Å². The molecular formula is C37H60O16. The van der Waals surface area contributed by atoms with Gasteiger partial charge in [0.1, 0.15) is 73.2 Å². The molecule has 16 heteroatoms. The third-order valence-corrected chi connectivity index (χ3v) is 14.1. The SMILES string of the molecule is C[C@@]12CCC[C@H]1C1=C(CC2)[C@@]2(C)CC[C@H](O[C@@H]3O[C@H](CO[C@@H]4O[C@H](CO)[C@@H](O)[C@H](O)[C@H]4O)[C@@H](O)[C@H](O)[C@H]3O[C@@H]3O[C@H](CO)[C@H](O)[C@H](O)[C@H]3O)C[C@@H]2CC1. The number of rotatable bonds is 9. The van der Waals surface area contributed by atoms with Crippen LogP contribution in [0.5, 0.6) is 0 Å². The van der Waals surface area contributed by atoms with E-state index in [1.807, 2.05) is 0 Å². The van der Waals surface area contributed by atoms with Crippen LogP contribution in [-0.4, -0.2) is 169 Å². The van der Waals surface area contributed by atoms with Gasteiger partial charge in [-0.1, -0.05) is 31.4 Å². The molecule has 304 valence electrons. The average Bonchev–Trinajstić information content (AvgIpc) is 3.55. The van der Waals surface area contributed by atoms with Gasteiger partial charge in [-0.2, -0.15) is 0 Å². The molecule has 0 radical (unpaired) electrons. The van der Waals surface area contributed by atoms with Crippen LogP contribution in [0.1, 0.15) is 78.1 Å². The molecule has 3 saturated heterocycles. The third-order valence-electron chi connectivity index (χ3n) is 14.1. The maximum Gasteiger partial charge on any atom is 0.187 e. The lowest BCUT2D eigenvalue weighted by Gasteiger charge is -2.55. The molecule has 3 aliphatic heterocycles. The van der Waals surface area contributed by atoms with Gasteiger partial charge in [0.15, 0.2) is 18.9 Å². The summed E-state index contributed by atoms with van der Waals surface area (Å²) in [6, 6.07) is 0. The molecule has 2 saturated carbocycles. The zero-order chi connectivity index (χ0) is 38.0. The van der Waals surface area contributed by atoms with Crippen LogP contribution in [0.2, 0.25) is 0 Å². The molecule has 0 unspecified atom stereocenters. The number of hydrogen-bond acceptors (Lipinski definition) is 16. The topological polar surface area (TPSA) is 258 Å². The first kappa shape index (κ1) is 40.3. The van der Waals surface area contributed by atoms with Gasteiger partial charge < -0.3 is 79.5 Å². The quantitative estimate of drug-likeness (QED) is 0.118. The van der Waals surface area contributed by atoms with Crippen molar-refractivity contribution in [2.45, 2.75) is 176 Å². The Kier molecular flexibility index (Phi) is 12.0. The van der Waals surface area contributed by atoms with E-state index in [2.05, 4.69) is 13.8 Å². The van der Waals surface area contributed by atoms with Crippen LogP contribution >= 0.6 is 0 Å². The highest BCUT2D eigenvalue weighted by molar-refractivity contribution is 5.33. The summed E-state index contributed by atoms with van der Waals surface area (Å²) in [4.78, 5) is 0. The number of aliphatic hydroxyl groups excluding tert-OH is 10. The summed E-state index contributed by atoms with van der Waals surface area (Å²) < 4.78 is 35.4. The Labute approximate surface area is 309 Å². The lowest BCUT2D eigenvalue weighted by atomic mass is 9.51. The maximum absolute atomic E-state index is 11.5. The fourth-order valence-electron chi connectivity index (χ4n) is 10.7. The van der Waals surface area contributed by atoms with Crippen molar-refractivity contribution < 1.29 is 79.5 Å². The van der Waals surface area contributed by atoms with E-state index >= 15 is 0 Å². The zero-order valence-electron chi connectivity index (χ0n) is 30.5. The highest BCUT2D eigenvalue weighted by atomic mass is 16.8. The number of hydrogen-bond donors (Lipinski definition) is 10. The minimum atomic E-state index is -1.79. The van der Waals surface area contributed by atoms with Crippen LogP contribution in [0.15, 0.2) is 11.1 Å². The predicted molar refractivity (Wildman–Crippen MR) is 180 cm³/mol. The Morgan fingerprint density at radius 3 is 1.92 bits per heavy atom. The van der Waals surface area contributed by atoms with E-state index < -0.39 is 112 Å². The van der Waals surface area contributed by atoms with Crippen molar-refractivity contribution in [3.63, 3.8) is 0 Å². The Hall–Kier alpha value is -0.900. The molecule has 0 spiro atoms. The molecular weight excluding hydrogens is 700 g/mol. The monoisotopic (exact) mass is 760 g/mol. The molecule has 7 aliphatic rings. The number of allylic oxidation sites excluding steroid dienone is 2. The molecule has 10 N–H and O–H groups in total. The Bertz CT molecular complexity index is 1300. The third kappa shape index (κ3) is 7.28. The van der Waals surface area contributed by atoms with E-state index in [-0.39, 0.29) is 11.5 Å². The van der Waals surface area contributed by atoms with Gasteiger partial charge in [0.2, 0.25) is 0 Å². The van der Waals surface area contributed by atoms with Crippen molar-refractivity contribution >= 4 is 0 Å². The van der Waals surface area contributed by atoms with Gasteiger partial charge in [0, 0.05) is 0 Å². The fourth-order valence-corrected chi connectivity index (χ4v) is 10.7. The lowest BCUT2D eigenvalue weighted by Crippen LogP contribution is -2.65. The molecule has 0 aromatic carbocycles. The minimum absolute atomic E-state index is 0.0501. The molecule has 0 aromatic heterocycles. The largest absolute Gasteiger partial charge is 0.394 e. The fraction of sp³-hybridized carbons (Fsp3) is 0.946. The summed E-state index contributed by atoms with van der Waals surface area (Å²) in [6.07, 6.45) is -13.2. The Balaban J connectivity index is 1.08. The maximum atomic E-state index is 11.5. The van der Waals surface area contributed by atoms with E-state index in [1.54, 1.807) is 11.1 Å². The molecule has 20 atom stereocenters. The predicted octanol–water partition coefficient (Wildman–Crippen LogP) is -1.68. The van der Waals surface area contributed by atoms with E-state index in [1.165, 1.54) is 25.7 Å². The average molecular weight is 761 g/mol. The first-order valence-electron chi connectivity index (χ1n) is 19.5. The zero-order valence-corrected chi connectivity index (χ0v) is 30.5. The van der Waals surface area contributed by atoms with E-state index in [9.17, 15) is 51.1 Å². The molecule has 7 rings (SSSR count). The molecule has 3 heterocycles. The smallest absolute Gasteiger partial charge is 0.187 e. The Morgan fingerprint density at radius 2 is 1.25 bits per heavy atom. The molecule has 0 bridgehead atoms. The van der Waals surface area contributed by atoms with Crippen molar-refractivity contribution in [1.29, 1.82) is 0 Å². The van der Waals surface area contributed by atoms with E-state index in [4.69, 9.17) is 28.4 Å². The Morgan fingerprint density at radius 1 is 0.623 bits per heavy atom. The van der Waals surface area contributed by atoms with Crippen LogP contribution in [-0.2, 0) is 28.4 Å². The number of fused-ring (bicyclic) bond motifs is 4. The van der Waals surface area contributed by atoms with Crippen LogP contribution < -0.4 is 0 Å². The highest BCUT2D eigenvalue weighted by Crippen LogP contribution is 2.63. The summed E-state index contributed by atoms with van der Waals surface area (Å²) in [5.41, 5.74) is 3.79. The van der Waals surface area contributed by atoms with Gasteiger partial charge in [0.25, 0.3) is 0 Å². The first-order valence-corrected chi connectivity index (χ1v) is 19.5. The normalized spacial score (nSPS) is 53.2. The van der Waals surface area contributed by atoms with Gasteiger partial charge in [-0.15, -0.1) is 0 Å². The first-order chi connectivity index (χ1) is 25.2. The molecule has 4 aliphatic carbocycles. The van der Waals surface area contributed by atoms with Crippen molar-refractivity contribution in [2.24, 2.45) is 22.7 Å². The minimum Gasteiger partial charge on any atom is -0.394 e. The van der Waals surface area contributed by atoms with Gasteiger partial charge in [-0.25, -0.2) is 0 Å². The van der Waals surface area contributed by atoms with Crippen molar-refractivity contribution in [1.82, 2.24) is 0 Å². The molecule has 16 nitrogen and oxygen atoms in total. The second-order valence-corrected chi connectivity index (χ2v) is 17.1. The molecule has 5 fully saturated rings. The van der Waals surface area contributed by atoms with Gasteiger partial charge in [-0.3, -0.25) is 0 Å². The molecule has 0 amide bonds. The van der Waals surface area contributed by atoms with Gasteiger partial charge in [-0.05, 0) is 80.5 Å². The summed E-state index contributed by atoms with van der Waals surface area (Å²) in [6.45, 7) is 3.01. The van der Waals surface area contributed by atoms with E-state index in [0.717, 1.165) is 25.7 Å². The van der Waals surface area contributed by atoms with Gasteiger partial charge >= 0.3 is 0 Å². The van der Waals surface area contributed by atoms with Crippen LogP contribution in [0, 0.1) is 22.7 Å². The number of aliphatic hydroxyl groups is 10. The lowest BCUT2D eigenvalue weighted by molar-refractivity contribution is -0.377. The van der Waals surface area contributed by atoms with Crippen LogP contribution in [0.25, 0.3) is 0 Å². The van der Waals surface area contributed by atoms with Crippen LogP contribution in [0.3, 0.4) is 0 Å². The second kappa shape index (κ2) is 15.8. The molecule has 53 heavy (non-hydrogen) atoms. The van der Waals surface area contributed by atoms with Crippen molar-refractivity contribution in [3.8, 4) is 0 Å². The summed E-state index contributed by atoms with van der Waals surface area (Å²) in [5.74, 6) is 1.02. The summed E-state index contributed by atoms with van der Waals surface area (Å²) >= 11 is 0. The molecule has 0 aromatic rings. The highest BCUT2D eigenvalue weighted by Gasteiger charge is 2.55. The second-order valence-electron chi connectivity index (χ2n) is 17.1. The summed E-state index contributed by atoms with van der Waals surface area (Å²) in [5, 5.41) is 104. The number of ether oxygens (including phenoxy) is 6.